The molecule has 0 amide bonds. The number of ketones is 1. The Labute approximate surface area is 139 Å². The van der Waals surface area contributed by atoms with E-state index >= 15 is 0 Å². The van der Waals surface area contributed by atoms with Crippen molar-refractivity contribution < 1.29 is 14.4 Å². The van der Waals surface area contributed by atoms with Gasteiger partial charge >= 0.3 is 0 Å². The summed E-state index contributed by atoms with van der Waals surface area (Å²) in [5, 5.41) is 4.44. The molecule has 0 aromatic heterocycles. The highest BCUT2D eigenvalue weighted by Gasteiger charge is 2.07. The van der Waals surface area contributed by atoms with Crippen molar-refractivity contribution in [2.45, 2.75) is 6.92 Å². The lowest BCUT2D eigenvalue weighted by atomic mass is 10.1. The maximum absolute atomic E-state index is 11.5. The van der Waals surface area contributed by atoms with Crippen molar-refractivity contribution in [3.63, 3.8) is 0 Å². The fourth-order valence-corrected chi connectivity index (χ4v) is 1.99. The number of rotatable bonds is 7. The summed E-state index contributed by atoms with van der Waals surface area (Å²) in [5.41, 5.74) is 7.06. The number of amidine groups is 1. The Bertz CT molecular complexity index is 699. The molecule has 5 nitrogen and oxygen atoms in total. The van der Waals surface area contributed by atoms with Gasteiger partial charge in [0.15, 0.2) is 18.2 Å². The quantitative estimate of drug-likeness (QED) is 0.278. The minimum atomic E-state index is -0.0495. The molecule has 120 valence electrons. The van der Waals surface area contributed by atoms with Crippen molar-refractivity contribution in [1.29, 1.82) is 0 Å². The molecule has 2 rings (SSSR count). The van der Waals surface area contributed by atoms with Crippen LogP contribution in [0, 0.1) is 0 Å². The van der Waals surface area contributed by atoms with Gasteiger partial charge in [-0.1, -0.05) is 28.9 Å². The molecule has 6 heteroatoms. The maximum Gasteiger partial charge on any atom is 0.170 e. The number of para-hydroxylation sites is 1. The lowest BCUT2D eigenvalue weighted by molar-refractivity contribution is 0.0985. The molecule has 0 unspecified atom stereocenters. The lowest BCUT2D eigenvalue weighted by Crippen LogP contribution is -2.15. The summed E-state index contributed by atoms with van der Waals surface area (Å²) in [4.78, 5) is 16.6. The van der Waals surface area contributed by atoms with E-state index in [1.807, 2.05) is 0 Å². The van der Waals surface area contributed by atoms with E-state index in [0.717, 1.165) is 5.56 Å². The molecule has 0 heterocycles. The fraction of sp³-hybridized carbons (Fsp3) is 0.176. The van der Waals surface area contributed by atoms with E-state index in [-0.39, 0.29) is 24.8 Å². The number of hydrogen-bond acceptors (Lipinski definition) is 4. The Kier molecular flexibility index (Phi) is 6.00. The SMILES string of the molecule is CC(=O)c1ccccc1OCCO/N=C(\N)c1ccc(Cl)cc1. The monoisotopic (exact) mass is 332 g/mol. The van der Waals surface area contributed by atoms with E-state index in [1.165, 1.54) is 6.92 Å². The maximum atomic E-state index is 11.5. The molecule has 2 aromatic rings. The number of nitrogens with two attached hydrogens (primary N) is 1. The van der Waals surface area contributed by atoms with Crippen LogP contribution in [-0.2, 0) is 4.84 Å². The smallest absolute Gasteiger partial charge is 0.170 e. The van der Waals surface area contributed by atoms with Crippen molar-refractivity contribution in [2.24, 2.45) is 10.9 Å². The van der Waals surface area contributed by atoms with E-state index in [1.54, 1.807) is 48.5 Å². The van der Waals surface area contributed by atoms with E-state index in [2.05, 4.69) is 5.16 Å². The van der Waals surface area contributed by atoms with Gasteiger partial charge in [0.1, 0.15) is 12.4 Å². The van der Waals surface area contributed by atoms with Crippen molar-refractivity contribution in [1.82, 2.24) is 0 Å². The second-order valence-corrected chi connectivity index (χ2v) is 5.15. The third kappa shape index (κ3) is 5.00. The molecule has 0 atom stereocenters. The van der Waals surface area contributed by atoms with Gasteiger partial charge in [-0.05, 0) is 43.3 Å². The van der Waals surface area contributed by atoms with E-state index < -0.39 is 0 Å². The number of hydrogen-bond donors (Lipinski definition) is 1. The Morgan fingerprint density at radius 2 is 1.83 bits per heavy atom. The average molecular weight is 333 g/mol. The van der Waals surface area contributed by atoms with E-state index in [9.17, 15) is 4.79 Å². The number of oxime groups is 1. The zero-order valence-electron chi connectivity index (χ0n) is 12.7. The van der Waals surface area contributed by atoms with Gasteiger partial charge in [-0.25, -0.2) is 0 Å². The van der Waals surface area contributed by atoms with E-state index in [4.69, 9.17) is 26.9 Å². The van der Waals surface area contributed by atoms with Gasteiger partial charge in [0, 0.05) is 10.6 Å². The second-order valence-electron chi connectivity index (χ2n) is 4.72. The molecule has 0 radical (unpaired) electrons. The second kappa shape index (κ2) is 8.19. The third-order valence-corrected chi connectivity index (χ3v) is 3.25. The van der Waals surface area contributed by atoms with Crippen LogP contribution in [0.1, 0.15) is 22.8 Å². The van der Waals surface area contributed by atoms with Crippen LogP contribution in [0.2, 0.25) is 5.02 Å². The van der Waals surface area contributed by atoms with Crippen molar-refractivity contribution in [3.05, 3.63) is 64.7 Å². The van der Waals surface area contributed by atoms with Crippen LogP contribution in [0.5, 0.6) is 5.75 Å². The van der Waals surface area contributed by atoms with Crippen LogP contribution in [0.3, 0.4) is 0 Å². The molecule has 0 fully saturated rings. The molecule has 2 N–H and O–H groups in total. The van der Waals surface area contributed by atoms with Gasteiger partial charge in [0.2, 0.25) is 0 Å². The number of nitrogens with zero attached hydrogens (tertiary/aromatic N) is 1. The van der Waals surface area contributed by atoms with Crippen LogP contribution in [0.25, 0.3) is 0 Å². The van der Waals surface area contributed by atoms with E-state index in [0.29, 0.717) is 16.3 Å². The van der Waals surface area contributed by atoms with Gasteiger partial charge in [-0.3, -0.25) is 4.79 Å². The zero-order valence-corrected chi connectivity index (χ0v) is 13.4. The standard InChI is InChI=1S/C17H17ClN2O3/c1-12(21)15-4-2-3-5-16(15)22-10-11-23-20-17(19)13-6-8-14(18)9-7-13/h2-9H,10-11H2,1H3,(H2,19,20). The zero-order chi connectivity index (χ0) is 16.7. The highest BCUT2D eigenvalue weighted by molar-refractivity contribution is 6.30. The first-order chi connectivity index (χ1) is 11.1. The highest BCUT2D eigenvalue weighted by Crippen LogP contribution is 2.18. The summed E-state index contributed by atoms with van der Waals surface area (Å²) in [5.74, 6) is 0.732. The summed E-state index contributed by atoms with van der Waals surface area (Å²) in [7, 11) is 0. The number of ether oxygens (including phenoxy) is 1. The molecule has 23 heavy (non-hydrogen) atoms. The molecule has 0 aliphatic carbocycles. The van der Waals surface area contributed by atoms with Gasteiger partial charge in [-0.2, -0.15) is 0 Å². The molecule has 0 spiro atoms. The van der Waals surface area contributed by atoms with Gasteiger partial charge in [0.25, 0.3) is 0 Å². The number of benzene rings is 2. The molecule has 0 saturated heterocycles. The normalized spacial score (nSPS) is 11.1. The number of Topliss-reactive ketones (excluding diaryl/α,β-unsaturated/α-hetero) is 1. The molecule has 0 aliphatic heterocycles. The summed E-state index contributed by atoms with van der Waals surface area (Å²) in [6, 6.07) is 14.0. The summed E-state index contributed by atoms with van der Waals surface area (Å²) in [6.07, 6.45) is 0. The average Bonchev–Trinajstić information content (AvgIpc) is 2.55. The van der Waals surface area contributed by atoms with Gasteiger partial charge < -0.3 is 15.3 Å². The van der Waals surface area contributed by atoms with Crippen molar-refractivity contribution >= 4 is 23.2 Å². The summed E-state index contributed by atoms with van der Waals surface area (Å²) >= 11 is 5.80. The first-order valence-electron chi connectivity index (χ1n) is 7.02. The molecule has 0 saturated carbocycles. The first-order valence-corrected chi connectivity index (χ1v) is 7.40. The predicted octanol–water partition coefficient (Wildman–Crippen LogP) is 3.26. The number of halogens is 1. The molecule has 2 aromatic carbocycles. The summed E-state index contributed by atoms with van der Waals surface area (Å²) < 4.78 is 5.53. The minimum Gasteiger partial charge on any atom is -0.489 e. The van der Waals surface area contributed by atoms with Crippen LogP contribution in [-0.4, -0.2) is 24.8 Å². The lowest BCUT2D eigenvalue weighted by Gasteiger charge is -2.09. The van der Waals surface area contributed by atoms with Crippen LogP contribution in [0.15, 0.2) is 53.7 Å². The Morgan fingerprint density at radius 3 is 2.52 bits per heavy atom. The minimum absolute atomic E-state index is 0.0495. The topological polar surface area (TPSA) is 73.9 Å². The number of carbonyl (C=O) groups is 1. The number of carbonyl (C=O) groups excluding carboxylic acids is 1. The first kappa shape index (κ1) is 16.8. The van der Waals surface area contributed by atoms with Crippen LogP contribution in [0.4, 0.5) is 0 Å². The van der Waals surface area contributed by atoms with Crippen molar-refractivity contribution in [2.75, 3.05) is 13.2 Å². The molecular weight excluding hydrogens is 316 g/mol. The highest BCUT2D eigenvalue weighted by atomic mass is 35.5. The predicted molar refractivity (Wildman–Crippen MR) is 90.1 cm³/mol. The molecule has 0 aliphatic rings. The largest absolute Gasteiger partial charge is 0.489 e. The Balaban J connectivity index is 1.83. The van der Waals surface area contributed by atoms with Crippen molar-refractivity contribution in [3.8, 4) is 5.75 Å². The Morgan fingerprint density at radius 1 is 1.13 bits per heavy atom. The molecular formula is C17H17ClN2O3. The fourth-order valence-electron chi connectivity index (χ4n) is 1.86. The Hall–Kier alpha value is -2.53. The third-order valence-electron chi connectivity index (χ3n) is 3.00. The van der Waals surface area contributed by atoms with Crippen LogP contribution >= 0.6 is 11.6 Å². The van der Waals surface area contributed by atoms with Gasteiger partial charge in [0.05, 0.1) is 5.56 Å². The summed E-state index contributed by atoms with van der Waals surface area (Å²) in [6.45, 7) is 1.96. The van der Waals surface area contributed by atoms with Gasteiger partial charge in [-0.15, -0.1) is 0 Å². The van der Waals surface area contributed by atoms with Crippen LogP contribution < -0.4 is 10.5 Å². The molecule has 0 bridgehead atoms.